The van der Waals surface area contributed by atoms with Crippen LogP contribution in [-0.2, 0) is 20.8 Å². The summed E-state index contributed by atoms with van der Waals surface area (Å²) >= 11 is 0. The molecule has 24 heavy (non-hydrogen) atoms. The molecule has 0 radical (unpaired) electrons. The van der Waals surface area contributed by atoms with E-state index in [0.717, 1.165) is 18.4 Å². The highest BCUT2D eigenvalue weighted by atomic mass is 16.5. The minimum absolute atomic E-state index is 0.129. The molecular weight excluding hydrogens is 306 g/mol. The van der Waals surface area contributed by atoms with E-state index < -0.39 is 0 Å². The minimum Gasteiger partial charge on any atom is -0.468 e. The van der Waals surface area contributed by atoms with Crippen LogP contribution < -0.4 is 0 Å². The summed E-state index contributed by atoms with van der Waals surface area (Å²) in [6.07, 6.45) is 5.75. The average molecular weight is 331 g/mol. The van der Waals surface area contributed by atoms with Gasteiger partial charge in [-0.1, -0.05) is 25.0 Å². The maximum absolute atomic E-state index is 12.2. The topological polar surface area (TPSA) is 55.8 Å². The molecule has 5 heteroatoms. The maximum Gasteiger partial charge on any atom is 0.337 e. The highest BCUT2D eigenvalue weighted by molar-refractivity contribution is 5.89. The molecule has 1 aromatic carbocycles. The molecule has 0 bridgehead atoms. The van der Waals surface area contributed by atoms with Gasteiger partial charge in [-0.15, -0.1) is 0 Å². The van der Waals surface area contributed by atoms with Gasteiger partial charge < -0.3 is 9.47 Å². The summed E-state index contributed by atoms with van der Waals surface area (Å²) in [4.78, 5) is 26.1. The Labute approximate surface area is 142 Å². The summed E-state index contributed by atoms with van der Waals surface area (Å²) in [6.45, 7) is 0.711. The molecule has 130 valence electrons. The number of likely N-dealkylation sites (tertiary alicyclic amines) is 1. The van der Waals surface area contributed by atoms with Crippen molar-refractivity contribution in [2.24, 2.45) is 5.92 Å². The third kappa shape index (κ3) is 3.31. The molecule has 3 unspecified atom stereocenters. The largest absolute Gasteiger partial charge is 0.468 e. The summed E-state index contributed by atoms with van der Waals surface area (Å²) < 4.78 is 9.76. The summed E-state index contributed by atoms with van der Waals surface area (Å²) in [5.41, 5.74) is 1.64. The highest BCUT2D eigenvalue weighted by Crippen LogP contribution is 2.40. The van der Waals surface area contributed by atoms with Crippen molar-refractivity contribution in [3.05, 3.63) is 35.4 Å². The first-order valence-electron chi connectivity index (χ1n) is 8.65. The number of carbonyl (C=O) groups excluding carboxylic acids is 2. The Hall–Kier alpha value is -1.88. The van der Waals surface area contributed by atoms with Gasteiger partial charge in [0.15, 0.2) is 0 Å². The van der Waals surface area contributed by atoms with Gasteiger partial charge in [-0.05, 0) is 42.9 Å². The van der Waals surface area contributed by atoms with Crippen LogP contribution in [-0.4, -0.2) is 43.1 Å². The second-order valence-corrected chi connectivity index (χ2v) is 6.75. The lowest BCUT2D eigenvalue weighted by Crippen LogP contribution is -2.42. The SMILES string of the molecule is COC(=O)c1ccc(CN2C(C(=O)OC)CC3CCCCC32)cc1. The van der Waals surface area contributed by atoms with Crippen LogP contribution in [0.4, 0.5) is 0 Å². The van der Waals surface area contributed by atoms with Gasteiger partial charge in [0.25, 0.3) is 0 Å². The third-order valence-electron chi connectivity index (χ3n) is 5.43. The van der Waals surface area contributed by atoms with Crippen molar-refractivity contribution in [1.82, 2.24) is 4.90 Å². The van der Waals surface area contributed by atoms with Crippen molar-refractivity contribution < 1.29 is 19.1 Å². The van der Waals surface area contributed by atoms with Gasteiger partial charge >= 0.3 is 11.9 Å². The Morgan fingerprint density at radius 1 is 1.08 bits per heavy atom. The zero-order valence-electron chi connectivity index (χ0n) is 14.4. The zero-order chi connectivity index (χ0) is 17.1. The fourth-order valence-electron chi connectivity index (χ4n) is 4.22. The second-order valence-electron chi connectivity index (χ2n) is 6.75. The predicted octanol–water partition coefficient (Wildman–Crippen LogP) is 2.78. The lowest BCUT2D eigenvalue weighted by atomic mass is 9.84. The Kier molecular flexibility index (Phi) is 5.19. The van der Waals surface area contributed by atoms with E-state index >= 15 is 0 Å². The van der Waals surface area contributed by atoms with E-state index in [0.29, 0.717) is 24.1 Å². The molecule has 3 rings (SSSR count). The van der Waals surface area contributed by atoms with Crippen molar-refractivity contribution in [1.29, 1.82) is 0 Å². The van der Waals surface area contributed by atoms with E-state index in [1.165, 1.54) is 33.5 Å². The molecule has 1 heterocycles. The van der Waals surface area contributed by atoms with Crippen LogP contribution in [0.3, 0.4) is 0 Å². The molecular formula is C19H25NO4. The molecule has 5 nitrogen and oxygen atoms in total. The van der Waals surface area contributed by atoms with Crippen LogP contribution in [0.1, 0.15) is 48.0 Å². The van der Waals surface area contributed by atoms with Crippen LogP contribution in [0.15, 0.2) is 24.3 Å². The number of ether oxygens (including phenoxy) is 2. The van der Waals surface area contributed by atoms with E-state index in [4.69, 9.17) is 9.47 Å². The van der Waals surface area contributed by atoms with E-state index in [9.17, 15) is 9.59 Å². The van der Waals surface area contributed by atoms with Crippen LogP contribution in [0, 0.1) is 5.92 Å². The minimum atomic E-state index is -0.331. The fourth-order valence-corrected chi connectivity index (χ4v) is 4.22. The predicted molar refractivity (Wildman–Crippen MR) is 89.5 cm³/mol. The lowest BCUT2D eigenvalue weighted by molar-refractivity contribution is -0.146. The first-order chi connectivity index (χ1) is 11.6. The van der Waals surface area contributed by atoms with Crippen LogP contribution in [0.2, 0.25) is 0 Å². The van der Waals surface area contributed by atoms with Gasteiger partial charge in [-0.25, -0.2) is 4.79 Å². The number of esters is 2. The summed E-state index contributed by atoms with van der Waals surface area (Å²) in [6, 6.07) is 7.76. The average Bonchev–Trinajstić information content (AvgIpc) is 2.99. The highest BCUT2D eigenvalue weighted by Gasteiger charge is 2.45. The Balaban J connectivity index is 1.77. The van der Waals surface area contributed by atoms with Gasteiger partial charge in [0.1, 0.15) is 6.04 Å². The summed E-state index contributed by atoms with van der Waals surface area (Å²) in [7, 11) is 2.85. The third-order valence-corrected chi connectivity index (χ3v) is 5.43. The molecule has 1 aromatic rings. The van der Waals surface area contributed by atoms with Gasteiger partial charge in [0, 0.05) is 12.6 Å². The smallest absolute Gasteiger partial charge is 0.337 e. The van der Waals surface area contributed by atoms with Crippen LogP contribution in [0.5, 0.6) is 0 Å². The van der Waals surface area contributed by atoms with Crippen molar-refractivity contribution in [2.45, 2.75) is 50.7 Å². The number of benzene rings is 1. The van der Waals surface area contributed by atoms with Gasteiger partial charge in [0.2, 0.25) is 0 Å². The molecule has 1 aliphatic heterocycles. The molecule has 2 aliphatic rings. The van der Waals surface area contributed by atoms with E-state index in [2.05, 4.69) is 4.90 Å². The fraction of sp³-hybridized carbons (Fsp3) is 0.579. The van der Waals surface area contributed by atoms with E-state index in [-0.39, 0.29) is 18.0 Å². The number of carbonyl (C=O) groups is 2. The molecule has 0 N–H and O–H groups in total. The number of hydrogen-bond donors (Lipinski definition) is 0. The zero-order valence-corrected chi connectivity index (χ0v) is 14.4. The summed E-state index contributed by atoms with van der Waals surface area (Å²) in [5.74, 6) is 0.135. The van der Waals surface area contributed by atoms with Gasteiger partial charge in [0.05, 0.1) is 19.8 Å². The Morgan fingerprint density at radius 2 is 1.79 bits per heavy atom. The van der Waals surface area contributed by atoms with Crippen LogP contribution >= 0.6 is 0 Å². The normalized spacial score (nSPS) is 26.7. The monoisotopic (exact) mass is 331 g/mol. The van der Waals surface area contributed by atoms with Crippen molar-refractivity contribution >= 4 is 11.9 Å². The molecule has 0 amide bonds. The number of hydrogen-bond acceptors (Lipinski definition) is 5. The number of fused-ring (bicyclic) bond motifs is 1. The van der Waals surface area contributed by atoms with E-state index in [1.807, 2.05) is 12.1 Å². The number of nitrogens with zero attached hydrogens (tertiary/aromatic N) is 1. The first-order valence-corrected chi connectivity index (χ1v) is 8.65. The van der Waals surface area contributed by atoms with Crippen molar-refractivity contribution in [3.8, 4) is 0 Å². The van der Waals surface area contributed by atoms with Crippen molar-refractivity contribution in [2.75, 3.05) is 14.2 Å². The lowest BCUT2D eigenvalue weighted by Gasteiger charge is -2.33. The molecule has 0 spiro atoms. The molecule has 1 saturated carbocycles. The van der Waals surface area contributed by atoms with Crippen LogP contribution in [0.25, 0.3) is 0 Å². The van der Waals surface area contributed by atoms with E-state index in [1.54, 1.807) is 12.1 Å². The number of methoxy groups -OCH3 is 2. The maximum atomic E-state index is 12.2. The first kappa shape index (κ1) is 17.0. The Bertz CT molecular complexity index is 598. The molecule has 1 saturated heterocycles. The quantitative estimate of drug-likeness (QED) is 0.794. The second kappa shape index (κ2) is 7.34. The molecule has 2 fully saturated rings. The van der Waals surface area contributed by atoms with Gasteiger partial charge in [-0.2, -0.15) is 0 Å². The van der Waals surface area contributed by atoms with Crippen molar-refractivity contribution in [3.63, 3.8) is 0 Å². The molecule has 0 aromatic heterocycles. The standard InChI is InChI=1S/C19H25NO4/c1-23-18(21)14-9-7-13(8-10-14)12-20-16-6-4-3-5-15(16)11-17(20)19(22)24-2/h7-10,15-17H,3-6,11-12H2,1-2H3. The molecule has 3 atom stereocenters. The van der Waals surface area contributed by atoms with Gasteiger partial charge in [-0.3, -0.25) is 9.69 Å². The summed E-state index contributed by atoms with van der Waals surface area (Å²) in [5, 5.41) is 0. The molecule has 1 aliphatic carbocycles. The number of rotatable bonds is 4. The Morgan fingerprint density at radius 3 is 2.46 bits per heavy atom.